The van der Waals surface area contributed by atoms with Crippen molar-refractivity contribution in [3.8, 4) is 5.69 Å². The molecule has 0 fully saturated rings. The zero-order chi connectivity index (χ0) is 13.7. The van der Waals surface area contributed by atoms with Crippen LogP contribution in [0.3, 0.4) is 0 Å². The van der Waals surface area contributed by atoms with Gasteiger partial charge in [0.15, 0.2) is 0 Å². The van der Waals surface area contributed by atoms with E-state index in [9.17, 15) is 4.39 Å². The number of ether oxygens (including phenoxy) is 1. The summed E-state index contributed by atoms with van der Waals surface area (Å²) in [5.74, 6) is 0.462. The Balaban J connectivity index is 2.16. The van der Waals surface area contributed by atoms with Crippen molar-refractivity contribution in [2.75, 3.05) is 25.6 Å². The summed E-state index contributed by atoms with van der Waals surface area (Å²) in [5.41, 5.74) is 1.80. The smallest absolute Gasteiger partial charge is 0.207 e. The molecular weight excluding hydrogens is 245 g/mol. The number of aromatic nitrogens is 2. The Kier molecular flexibility index (Phi) is 4.52. The molecule has 0 atom stereocenters. The van der Waals surface area contributed by atoms with Crippen LogP contribution >= 0.6 is 0 Å². The maximum absolute atomic E-state index is 13.4. The second-order valence-electron chi connectivity index (χ2n) is 4.32. The van der Waals surface area contributed by atoms with Crippen molar-refractivity contribution in [2.45, 2.75) is 13.3 Å². The normalized spacial score (nSPS) is 10.7. The molecule has 1 N–H and O–H groups in total. The average molecular weight is 263 g/mol. The van der Waals surface area contributed by atoms with Crippen LogP contribution in [0.5, 0.6) is 0 Å². The van der Waals surface area contributed by atoms with Crippen molar-refractivity contribution in [1.29, 1.82) is 0 Å². The monoisotopic (exact) mass is 263 g/mol. The van der Waals surface area contributed by atoms with Gasteiger partial charge in [-0.1, -0.05) is 6.07 Å². The Morgan fingerprint density at radius 3 is 3.05 bits per heavy atom. The Morgan fingerprint density at radius 1 is 1.42 bits per heavy atom. The molecule has 0 unspecified atom stereocenters. The lowest BCUT2D eigenvalue weighted by molar-refractivity contribution is 0.197. The van der Waals surface area contributed by atoms with Gasteiger partial charge in [-0.2, -0.15) is 0 Å². The number of hydrogen-bond donors (Lipinski definition) is 1. The lowest BCUT2D eigenvalue weighted by atomic mass is 10.2. The number of anilines is 1. The van der Waals surface area contributed by atoms with Gasteiger partial charge < -0.3 is 10.1 Å². The predicted octanol–water partition coefficient (Wildman–Crippen LogP) is 2.77. The number of halogens is 1. The van der Waals surface area contributed by atoms with Crippen molar-refractivity contribution in [3.63, 3.8) is 0 Å². The van der Waals surface area contributed by atoms with Crippen LogP contribution < -0.4 is 5.32 Å². The van der Waals surface area contributed by atoms with Gasteiger partial charge in [0, 0.05) is 32.7 Å². The molecule has 0 aliphatic rings. The summed E-state index contributed by atoms with van der Waals surface area (Å²) in [6.45, 7) is 3.41. The number of nitrogens with one attached hydrogen (secondary N) is 1. The molecule has 102 valence electrons. The zero-order valence-electron chi connectivity index (χ0n) is 11.2. The van der Waals surface area contributed by atoms with Gasteiger partial charge in [-0.3, -0.25) is 4.57 Å². The maximum atomic E-state index is 13.4. The second-order valence-corrected chi connectivity index (χ2v) is 4.32. The number of rotatable bonds is 6. The lowest BCUT2D eigenvalue weighted by Crippen LogP contribution is -2.10. The number of nitrogens with zero attached hydrogens (tertiary/aromatic N) is 2. The van der Waals surface area contributed by atoms with E-state index in [0.29, 0.717) is 12.6 Å². The first-order valence-electron chi connectivity index (χ1n) is 6.25. The van der Waals surface area contributed by atoms with Crippen molar-refractivity contribution in [1.82, 2.24) is 9.55 Å². The first kappa shape index (κ1) is 13.5. The number of methoxy groups -OCH3 is 1. The number of hydrogen-bond acceptors (Lipinski definition) is 3. The fraction of sp³-hybridized carbons (Fsp3) is 0.357. The van der Waals surface area contributed by atoms with E-state index >= 15 is 0 Å². The largest absolute Gasteiger partial charge is 0.385 e. The van der Waals surface area contributed by atoms with Crippen molar-refractivity contribution in [2.24, 2.45) is 0 Å². The standard InChI is InChI=1S/C14H18FN3O/c1-11-4-5-12(15)10-13(11)18-8-7-17-14(18)16-6-3-9-19-2/h4-5,7-8,10H,3,6,9H2,1-2H3,(H,16,17). The quantitative estimate of drug-likeness (QED) is 0.814. The van der Waals surface area contributed by atoms with Crippen LogP contribution in [0.25, 0.3) is 5.69 Å². The van der Waals surface area contributed by atoms with Crippen LogP contribution in [-0.2, 0) is 4.74 Å². The molecule has 0 aliphatic heterocycles. The highest BCUT2D eigenvalue weighted by Gasteiger charge is 2.07. The van der Waals surface area contributed by atoms with Gasteiger partial charge in [0.05, 0.1) is 5.69 Å². The summed E-state index contributed by atoms with van der Waals surface area (Å²) < 4.78 is 20.2. The van der Waals surface area contributed by atoms with Crippen LogP contribution in [0.2, 0.25) is 0 Å². The summed E-state index contributed by atoms with van der Waals surface area (Å²) in [7, 11) is 1.68. The SMILES string of the molecule is COCCCNc1nccn1-c1cc(F)ccc1C. The van der Waals surface area contributed by atoms with E-state index in [1.807, 2.05) is 17.7 Å². The number of aryl methyl sites for hydroxylation is 1. The van der Waals surface area contributed by atoms with Crippen LogP contribution in [-0.4, -0.2) is 29.8 Å². The molecule has 0 radical (unpaired) electrons. The van der Waals surface area contributed by atoms with Gasteiger partial charge in [-0.05, 0) is 31.0 Å². The predicted molar refractivity (Wildman–Crippen MR) is 73.2 cm³/mol. The number of benzene rings is 1. The Morgan fingerprint density at radius 2 is 2.26 bits per heavy atom. The van der Waals surface area contributed by atoms with Crippen molar-refractivity contribution < 1.29 is 9.13 Å². The van der Waals surface area contributed by atoms with Gasteiger partial charge in [0.1, 0.15) is 5.82 Å². The average Bonchev–Trinajstić information content (AvgIpc) is 2.86. The Labute approximate surface area is 112 Å². The lowest BCUT2D eigenvalue weighted by Gasteiger charge is -2.12. The van der Waals surface area contributed by atoms with Crippen LogP contribution in [0, 0.1) is 12.7 Å². The third kappa shape index (κ3) is 3.32. The molecule has 5 heteroatoms. The van der Waals surface area contributed by atoms with E-state index in [0.717, 1.165) is 24.2 Å². The van der Waals surface area contributed by atoms with Crippen molar-refractivity contribution in [3.05, 3.63) is 42.0 Å². The molecule has 19 heavy (non-hydrogen) atoms. The first-order chi connectivity index (χ1) is 9.22. The van der Waals surface area contributed by atoms with E-state index in [2.05, 4.69) is 10.3 Å². The molecule has 2 rings (SSSR count). The maximum Gasteiger partial charge on any atom is 0.207 e. The number of imidazole rings is 1. The third-order valence-corrected chi connectivity index (χ3v) is 2.88. The summed E-state index contributed by atoms with van der Waals surface area (Å²) in [4.78, 5) is 4.25. The molecule has 0 bridgehead atoms. The minimum atomic E-state index is -0.250. The fourth-order valence-corrected chi connectivity index (χ4v) is 1.89. The minimum Gasteiger partial charge on any atom is -0.385 e. The molecular formula is C14H18FN3O. The highest BCUT2D eigenvalue weighted by atomic mass is 19.1. The van der Waals surface area contributed by atoms with E-state index in [1.54, 1.807) is 19.4 Å². The molecule has 0 aliphatic carbocycles. The molecule has 0 saturated heterocycles. The van der Waals surface area contributed by atoms with Gasteiger partial charge in [0.2, 0.25) is 5.95 Å². The minimum absolute atomic E-state index is 0.250. The zero-order valence-corrected chi connectivity index (χ0v) is 11.2. The Bertz CT molecular complexity index is 539. The van der Waals surface area contributed by atoms with Gasteiger partial charge in [-0.15, -0.1) is 0 Å². The molecule has 0 saturated carbocycles. The summed E-state index contributed by atoms with van der Waals surface area (Å²) in [6, 6.07) is 4.73. The highest BCUT2D eigenvalue weighted by molar-refractivity contribution is 5.46. The second kappa shape index (κ2) is 6.33. The van der Waals surface area contributed by atoms with Gasteiger partial charge in [0.25, 0.3) is 0 Å². The van der Waals surface area contributed by atoms with Crippen LogP contribution in [0.15, 0.2) is 30.6 Å². The van der Waals surface area contributed by atoms with Crippen molar-refractivity contribution >= 4 is 5.95 Å². The van der Waals surface area contributed by atoms with E-state index in [1.165, 1.54) is 12.1 Å². The third-order valence-electron chi connectivity index (χ3n) is 2.88. The molecule has 0 amide bonds. The molecule has 4 nitrogen and oxygen atoms in total. The van der Waals surface area contributed by atoms with Crippen LogP contribution in [0.4, 0.5) is 10.3 Å². The van der Waals surface area contributed by atoms with Gasteiger partial charge in [-0.25, -0.2) is 9.37 Å². The molecule has 1 aromatic carbocycles. The van der Waals surface area contributed by atoms with E-state index in [4.69, 9.17) is 4.74 Å². The van der Waals surface area contributed by atoms with Crippen LogP contribution in [0.1, 0.15) is 12.0 Å². The summed E-state index contributed by atoms with van der Waals surface area (Å²) in [5, 5.41) is 3.22. The fourth-order valence-electron chi connectivity index (χ4n) is 1.89. The first-order valence-corrected chi connectivity index (χ1v) is 6.25. The Hall–Kier alpha value is -1.88. The molecule has 1 aromatic heterocycles. The topological polar surface area (TPSA) is 39.1 Å². The highest BCUT2D eigenvalue weighted by Crippen LogP contribution is 2.19. The molecule has 2 aromatic rings. The van der Waals surface area contributed by atoms with Gasteiger partial charge >= 0.3 is 0 Å². The molecule has 1 heterocycles. The van der Waals surface area contributed by atoms with E-state index < -0.39 is 0 Å². The summed E-state index contributed by atoms with van der Waals surface area (Å²) in [6.07, 6.45) is 4.41. The summed E-state index contributed by atoms with van der Waals surface area (Å²) >= 11 is 0. The van der Waals surface area contributed by atoms with E-state index in [-0.39, 0.29) is 5.82 Å². The molecule has 0 spiro atoms.